The minimum absolute atomic E-state index is 0. The van der Waals surface area contributed by atoms with Crippen molar-refractivity contribution < 1.29 is 17.9 Å². The van der Waals surface area contributed by atoms with Crippen molar-refractivity contribution in [2.75, 3.05) is 40.3 Å². The molecule has 1 unspecified atom stereocenters. The standard InChI is InChI=1S/C17H25F3N4O.HI/c1-13(17(18,19)20)23-8-10-24(11-9-23)16(21-2)22-12-14-4-6-15(25-3)7-5-14;/h4-7,13H,8-12H2,1-3H3,(H,21,22);1H. The van der Waals surface area contributed by atoms with E-state index >= 15 is 0 Å². The van der Waals surface area contributed by atoms with Gasteiger partial charge in [0.2, 0.25) is 0 Å². The van der Waals surface area contributed by atoms with Gasteiger partial charge in [-0.25, -0.2) is 0 Å². The smallest absolute Gasteiger partial charge is 0.403 e. The molecule has 1 aromatic rings. The van der Waals surface area contributed by atoms with Crippen LogP contribution in [0.15, 0.2) is 29.3 Å². The Bertz CT molecular complexity index is 572. The Hall–Kier alpha value is -1.23. The van der Waals surface area contributed by atoms with Crippen LogP contribution in [-0.4, -0.2) is 68.3 Å². The molecule has 1 aromatic carbocycles. The number of nitrogens with zero attached hydrogens (tertiary/aromatic N) is 3. The van der Waals surface area contributed by atoms with Crippen LogP contribution in [0.25, 0.3) is 0 Å². The van der Waals surface area contributed by atoms with E-state index in [2.05, 4.69) is 10.3 Å². The number of nitrogens with one attached hydrogen (secondary N) is 1. The second-order valence-electron chi connectivity index (χ2n) is 5.99. The summed E-state index contributed by atoms with van der Waals surface area (Å²) in [5, 5.41) is 3.26. The maximum Gasteiger partial charge on any atom is 0.403 e. The molecule has 0 aliphatic carbocycles. The number of guanidine groups is 1. The molecule has 1 aliphatic heterocycles. The zero-order valence-corrected chi connectivity index (χ0v) is 17.5. The Morgan fingerprint density at radius 3 is 2.23 bits per heavy atom. The van der Waals surface area contributed by atoms with Crippen molar-refractivity contribution in [2.45, 2.75) is 25.7 Å². The number of hydrogen-bond donors (Lipinski definition) is 1. The van der Waals surface area contributed by atoms with Gasteiger partial charge in [0, 0.05) is 39.8 Å². The van der Waals surface area contributed by atoms with Gasteiger partial charge in [-0.1, -0.05) is 12.1 Å². The Balaban J connectivity index is 0.00000338. The van der Waals surface area contributed by atoms with Crippen LogP contribution >= 0.6 is 24.0 Å². The van der Waals surface area contributed by atoms with E-state index in [9.17, 15) is 13.2 Å². The number of hydrogen-bond acceptors (Lipinski definition) is 3. The molecule has 5 nitrogen and oxygen atoms in total. The maximum atomic E-state index is 12.8. The van der Waals surface area contributed by atoms with Crippen molar-refractivity contribution in [3.63, 3.8) is 0 Å². The van der Waals surface area contributed by atoms with Crippen molar-refractivity contribution in [1.29, 1.82) is 0 Å². The summed E-state index contributed by atoms with van der Waals surface area (Å²) in [6, 6.07) is 6.28. The number of benzene rings is 1. The van der Waals surface area contributed by atoms with Crippen LogP contribution in [0.4, 0.5) is 13.2 Å². The van der Waals surface area contributed by atoms with Crippen molar-refractivity contribution in [1.82, 2.24) is 15.1 Å². The lowest BCUT2D eigenvalue weighted by Crippen LogP contribution is -2.56. The molecule has 1 fully saturated rings. The lowest BCUT2D eigenvalue weighted by molar-refractivity contribution is -0.181. The number of ether oxygens (including phenoxy) is 1. The highest BCUT2D eigenvalue weighted by atomic mass is 127. The predicted octanol–water partition coefficient (Wildman–Crippen LogP) is 2.96. The second-order valence-corrected chi connectivity index (χ2v) is 5.99. The third kappa shape index (κ3) is 6.19. The van der Waals surface area contributed by atoms with E-state index in [0.29, 0.717) is 38.7 Å². The Morgan fingerprint density at radius 2 is 1.77 bits per heavy atom. The predicted molar refractivity (Wildman–Crippen MR) is 107 cm³/mol. The molecule has 1 saturated heterocycles. The van der Waals surface area contributed by atoms with Gasteiger partial charge in [-0.05, 0) is 24.6 Å². The first kappa shape index (κ1) is 22.8. The van der Waals surface area contributed by atoms with E-state index in [4.69, 9.17) is 4.74 Å². The fourth-order valence-corrected chi connectivity index (χ4v) is 2.78. The molecule has 0 amide bonds. The largest absolute Gasteiger partial charge is 0.497 e. The lowest BCUT2D eigenvalue weighted by atomic mass is 10.2. The average molecular weight is 486 g/mol. The lowest BCUT2D eigenvalue weighted by Gasteiger charge is -2.39. The second kappa shape index (κ2) is 10.2. The van der Waals surface area contributed by atoms with E-state index in [-0.39, 0.29) is 24.0 Å². The summed E-state index contributed by atoms with van der Waals surface area (Å²) in [5.74, 6) is 1.50. The topological polar surface area (TPSA) is 40.1 Å². The molecule has 1 N–H and O–H groups in total. The molecule has 26 heavy (non-hydrogen) atoms. The molecule has 148 valence electrons. The molecule has 0 aromatic heterocycles. The summed E-state index contributed by atoms with van der Waals surface area (Å²) < 4.78 is 43.6. The first-order valence-corrected chi connectivity index (χ1v) is 8.24. The number of alkyl halides is 3. The highest BCUT2D eigenvalue weighted by Crippen LogP contribution is 2.25. The zero-order valence-electron chi connectivity index (χ0n) is 15.2. The Morgan fingerprint density at radius 1 is 1.19 bits per heavy atom. The number of halogens is 4. The number of aliphatic imine (C=N–C) groups is 1. The van der Waals surface area contributed by atoms with Gasteiger partial charge < -0.3 is 15.0 Å². The van der Waals surface area contributed by atoms with Crippen LogP contribution in [0.2, 0.25) is 0 Å². The van der Waals surface area contributed by atoms with Crippen LogP contribution in [0.1, 0.15) is 12.5 Å². The van der Waals surface area contributed by atoms with Gasteiger partial charge in [0.05, 0.1) is 7.11 Å². The zero-order chi connectivity index (χ0) is 18.4. The van der Waals surface area contributed by atoms with Crippen molar-refractivity contribution in [3.8, 4) is 5.75 Å². The first-order chi connectivity index (χ1) is 11.8. The molecular formula is C17H26F3IN4O. The highest BCUT2D eigenvalue weighted by Gasteiger charge is 2.41. The van der Waals surface area contributed by atoms with Crippen LogP contribution in [-0.2, 0) is 6.54 Å². The third-order valence-electron chi connectivity index (χ3n) is 4.46. The molecule has 1 heterocycles. The normalized spacial score (nSPS) is 17.5. The average Bonchev–Trinajstić information content (AvgIpc) is 2.62. The first-order valence-electron chi connectivity index (χ1n) is 8.24. The summed E-state index contributed by atoms with van der Waals surface area (Å²) >= 11 is 0. The molecule has 0 radical (unpaired) electrons. The molecule has 0 spiro atoms. The van der Waals surface area contributed by atoms with Gasteiger partial charge in [0.1, 0.15) is 11.8 Å². The third-order valence-corrected chi connectivity index (χ3v) is 4.46. The summed E-state index contributed by atoms with van der Waals surface area (Å²) in [6.45, 7) is 3.57. The maximum absolute atomic E-state index is 12.8. The van der Waals surface area contributed by atoms with Crippen LogP contribution in [0.5, 0.6) is 5.75 Å². The molecule has 0 saturated carbocycles. The molecule has 0 bridgehead atoms. The molecule has 1 aliphatic rings. The molecule has 2 rings (SSSR count). The van der Waals surface area contributed by atoms with Gasteiger partial charge in [-0.15, -0.1) is 24.0 Å². The summed E-state index contributed by atoms with van der Waals surface area (Å²) in [7, 11) is 3.30. The Labute approximate surface area is 169 Å². The van der Waals surface area contributed by atoms with Crippen LogP contribution in [0, 0.1) is 0 Å². The van der Waals surface area contributed by atoms with Gasteiger partial charge >= 0.3 is 6.18 Å². The van der Waals surface area contributed by atoms with E-state index in [1.807, 2.05) is 29.2 Å². The number of methoxy groups -OCH3 is 1. The molecule has 1 atom stereocenters. The Kier molecular flexibility index (Phi) is 8.94. The minimum Gasteiger partial charge on any atom is -0.497 e. The van der Waals surface area contributed by atoms with Gasteiger partial charge in [-0.3, -0.25) is 9.89 Å². The highest BCUT2D eigenvalue weighted by molar-refractivity contribution is 14.0. The molecular weight excluding hydrogens is 460 g/mol. The van der Waals surface area contributed by atoms with E-state index in [1.54, 1.807) is 14.2 Å². The fraction of sp³-hybridized carbons (Fsp3) is 0.588. The number of rotatable bonds is 4. The van der Waals surface area contributed by atoms with Gasteiger partial charge in [0.25, 0.3) is 0 Å². The molecule has 9 heteroatoms. The van der Waals surface area contributed by atoms with Crippen molar-refractivity contribution in [2.24, 2.45) is 4.99 Å². The van der Waals surface area contributed by atoms with Crippen molar-refractivity contribution in [3.05, 3.63) is 29.8 Å². The minimum atomic E-state index is -4.18. The quantitative estimate of drug-likeness (QED) is 0.404. The van der Waals surface area contributed by atoms with Crippen LogP contribution in [0.3, 0.4) is 0 Å². The monoisotopic (exact) mass is 486 g/mol. The van der Waals surface area contributed by atoms with E-state index < -0.39 is 12.2 Å². The summed E-state index contributed by atoms with van der Waals surface area (Å²) in [6.07, 6.45) is -4.18. The summed E-state index contributed by atoms with van der Waals surface area (Å²) in [5.41, 5.74) is 1.08. The van der Waals surface area contributed by atoms with E-state index in [1.165, 1.54) is 11.8 Å². The van der Waals surface area contributed by atoms with Crippen molar-refractivity contribution >= 4 is 29.9 Å². The van der Waals surface area contributed by atoms with Gasteiger partial charge in [0.15, 0.2) is 5.96 Å². The van der Waals surface area contributed by atoms with Gasteiger partial charge in [-0.2, -0.15) is 13.2 Å². The van der Waals surface area contributed by atoms with Crippen LogP contribution < -0.4 is 10.1 Å². The number of piperazine rings is 1. The summed E-state index contributed by atoms with van der Waals surface area (Å²) in [4.78, 5) is 7.70. The SMILES string of the molecule is CN=C(NCc1ccc(OC)cc1)N1CCN(C(C)C(F)(F)F)CC1.I. The van der Waals surface area contributed by atoms with E-state index in [0.717, 1.165) is 11.3 Å². The fourth-order valence-electron chi connectivity index (χ4n) is 2.78.